The van der Waals surface area contributed by atoms with Crippen molar-refractivity contribution in [1.29, 1.82) is 0 Å². The highest BCUT2D eigenvalue weighted by Gasteiger charge is 2.34. The Bertz CT molecular complexity index is 1300. The van der Waals surface area contributed by atoms with E-state index >= 15 is 0 Å². The van der Waals surface area contributed by atoms with Crippen molar-refractivity contribution < 1.29 is 42.9 Å². The minimum atomic E-state index is -1.10. The van der Waals surface area contributed by atoms with E-state index in [-0.39, 0.29) is 32.7 Å². The first-order chi connectivity index (χ1) is 21.9. The normalized spacial score (nSPS) is 14.2. The maximum Gasteiger partial charge on any atom is 0.306 e. The molecule has 0 aliphatic carbocycles. The van der Waals surface area contributed by atoms with Crippen LogP contribution in [0.15, 0.2) is 36.5 Å². The molecule has 0 radical (unpaired) electrons. The van der Waals surface area contributed by atoms with Crippen molar-refractivity contribution in [3.8, 4) is 0 Å². The van der Waals surface area contributed by atoms with Crippen molar-refractivity contribution in [3.63, 3.8) is 0 Å². The quantitative estimate of drug-likeness (QED) is 0.0787. The lowest BCUT2D eigenvalue weighted by atomic mass is 9.93. The van der Waals surface area contributed by atoms with Gasteiger partial charge in [0.2, 0.25) is 11.8 Å². The third-order valence-electron chi connectivity index (χ3n) is 6.59. The zero-order chi connectivity index (χ0) is 34.1. The summed E-state index contributed by atoms with van der Waals surface area (Å²) in [5.41, 5.74) is 0.0130. The number of carbonyl (C=O) groups excluding carboxylic acids is 5. The number of nitrogens with zero attached hydrogens (tertiary/aromatic N) is 1. The van der Waals surface area contributed by atoms with E-state index in [4.69, 9.17) is 18.9 Å². The summed E-state index contributed by atoms with van der Waals surface area (Å²) in [7, 11) is 2.80. The van der Waals surface area contributed by atoms with Gasteiger partial charge in [0.05, 0.1) is 31.0 Å². The number of methoxy groups -OCH3 is 2. The molecule has 0 bridgehead atoms. The van der Waals surface area contributed by atoms with Crippen LogP contribution in [0.5, 0.6) is 0 Å². The predicted octanol–water partition coefficient (Wildman–Crippen LogP) is 2.53. The first-order valence-corrected chi connectivity index (χ1v) is 17.0. The molecule has 3 amide bonds. The van der Waals surface area contributed by atoms with E-state index < -0.39 is 53.4 Å². The van der Waals surface area contributed by atoms with E-state index in [1.54, 1.807) is 13.8 Å². The van der Waals surface area contributed by atoms with Gasteiger partial charge in [0.1, 0.15) is 22.6 Å². The number of ether oxygens (including phenoxy) is 4. The van der Waals surface area contributed by atoms with Gasteiger partial charge in [-0.05, 0) is 32.3 Å². The fourth-order valence-corrected chi connectivity index (χ4v) is 5.59. The third kappa shape index (κ3) is 14.1. The Kier molecular flexibility index (Phi) is 17.1. The van der Waals surface area contributed by atoms with Gasteiger partial charge in [0, 0.05) is 44.5 Å². The lowest BCUT2D eigenvalue weighted by Crippen LogP contribution is -2.58. The van der Waals surface area contributed by atoms with E-state index in [1.165, 1.54) is 38.7 Å². The van der Waals surface area contributed by atoms with Gasteiger partial charge in [-0.2, -0.15) is 0 Å². The van der Waals surface area contributed by atoms with Crippen LogP contribution in [0.25, 0.3) is 0 Å². The van der Waals surface area contributed by atoms with Crippen LogP contribution in [0.3, 0.4) is 0 Å². The number of aromatic nitrogens is 1. The summed E-state index contributed by atoms with van der Waals surface area (Å²) in [6.07, 6.45) is 2.52. The van der Waals surface area contributed by atoms with E-state index in [0.29, 0.717) is 27.2 Å². The molecular formula is C31H43IN4O9S. The predicted molar refractivity (Wildman–Crippen MR) is 180 cm³/mol. The Morgan fingerprint density at radius 1 is 0.978 bits per heavy atom. The number of benzene rings is 1. The standard InChI is InChI=1S/C31H43IN4O9S/c1-20-33-16-26(46-20)30(41)36-25(18-43-5)29(40)35-24(17-42-4)28(39)34-23(14-22-10-7-6-8-11-22)15-31(3,19-32)45-27(38)12-9-13-44-21(2)37/h6-8,10-11,16,23-25H,9,12-15,17-19H2,1-5H3,(H,34,39)(H,35,40)(H,36,41)/t23-,24-,25-,31-/m0/s1. The van der Waals surface area contributed by atoms with Gasteiger partial charge in [0.15, 0.2) is 0 Å². The molecule has 1 aromatic carbocycles. The van der Waals surface area contributed by atoms with Crippen molar-refractivity contribution in [2.24, 2.45) is 0 Å². The van der Waals surface area contributed by atoms with Crippen molar-refractivity contribution >= 4 is 63.6 Å². The first kappa shape index (κ1) is 39.0. The second kappa shape index (κ2) is 20.2. The summed E-state index contributed by atoms with van der Waals surface area (Å²) in [6, 6.07) is 6.84. The van der Waals surface area contributed by atoms with Gasteiger partial charge in [-0.1, -0.05) is 52.9 Å². The highest BCUT2D eigenvalue weighted by Crippen LogP contribution is 2.24. The molecule has 0 saturated carbocycles. The van der Waals surface area contributed by atoms with Gasteiger partial charge >= 0.3 is 11.9 Å². The minimum Gasteiger partial charge on any atom is -0.466 e. The zero-order valence-corrected chi connectivity index (χ0v) is 29.7. The number of hydrogen-bond donors (Lipinski definition) is 3. The van der Waals surface area contributed by atoms with Crippen LogP contribution in [0, 0.1) is 6.92 Å². The summed E-state index contributed by atoms with van der Waals surface area (Å²) in [5.74, 6) is -2.50. The number of aryl methyl sites for hydroxylation is 1. The maximum absolute atomic E-state index is 13.6. The Hall–Kier alpha value is -3.15. The summed E-state index contributed by atoms with van der Waals surface area (Å²) in [4.78, 5) is 67.7. The fourth-order valence-electron chi connectivity index (χ4n) is 4.44. The number of hydrogen-bond acceptors (Lipinski definition) is 11. The Morgan fingerprint density at radius 2 is 1.61 bits per heavy atom. The molecule has 0 fully saturated rings. The molecule has 0 saturated heterocycles. The lowest BCUT2D eigenvalue weighted by molar-refractivity contribution is -0.158. The number of esters is 2. The molecule has 3 N–H and O–H groups in total. The van der Waals surface area contributed by atoms with Crippen molar-refractivity contribution in [2.75, 3.05) is 38.5 Å². The average molecular weight is 775 g/mol. The highest BCUT2D eigenvalue weighted by atomic mass is 127. The first-order valence-electron chi connectivity index (χ1n) is 14.7. The fraction of sp³-hybridized carbons (Fsp3) is 0.548. The largest absolute Gasteiger partial charge is 0.466 e. The summed E-state index contributed by atoms with van der Waals surface area (Å²) in [6.45, 7) is 4.71. The monoisotopic (exact) mass is 774 g/mol. The van der Waals surface area contributed by atoms with Gasteiger partial charge in [-0.3, -0.25) is 24.0 Å². The van der Waals surface area contributed by atoms with Crippen LogP contribution in [-0.2, 0) is 44.5 Å². The molecule has 0 unspecified atom stereocenters. The van der Waals surface area contributed by atoms with Crippen molar-refractivity contribution in [2.45, 2.75) is 70.2 Å². The number of alkyl halides is 1. The van der Waals surface area contributed by atoms with E-state index in [9.17, 15) is 24.0 Å². The molecule has 254 valence electrons. The minimum absolute atomic E-state index is 0.0684. The van der Waals surface area contributed by atoms with E-state index in [1.807, 2.05) is 30.3 Å². The Balaban J connectivity index is 2.17. The summed E-state index contributed by atoms with van der Waals surface area (Å²) < 4.78 is 21.6. The molecule has 4 atom stereocenters. The highest BCUT2D eigenvalue weighted by molar-refractivity contribution is 14.1. The van der Waals surface area contributed by atoms with Crippen LogP contribution < -0.4 is 16.0 Å². The summed E-state index contributed by atoms with van der Waals surface area (Å²) in [5, 5.41) is 9.02. The lowest BCUT2D eigenvalue weighted by Gasteiger charge is -2.33. The molecule has 46 heavy (non-hydrogen) atoms. The number of halogens is 1. The number of nitrogens with one attached hydrogen (secondary N) is 3. The molecule has 13 nitrogen and oxygen atoms in total. The molecule has 1 aromatic heterocycles. The van der Waals surface area contributed by atoms with Crippen LogP contribution in [0.4, 0.5) is 0 Å². The molecule has 15 heteroatoms. The van der Waals surface area contributed by atoms with Gasteiger partial charge in [-0.25, -0.2) is 4.98 Å². The van der Waals surface area contributed by atoms with Gasteiger partial charge < -0.3 is 34.9 Å². The number of carbonyl (C=O) groups is 5. The third-order valence-corrected chi connectivity index (χ3v) is 9.11. The number of rotatable bonds is 20. The topological polar surface area (TPSA) is 171 Å². The van der Waals surface area contributed by atoms with Crippen LogP contribution in [0.2, 0.25) is 0 Å². The molecule has 0 spiro atoms. The molecule has 1 heterocycles. The van der Waals surface area contributed by atoms with E-state index in [0.717, 1.165) is 5.56 Å². The molecular weight excluding hydrogens is 731 g/mol. The van der Waals surface area contributed by atoms with Crippen LogP contribution in [0.1, 0.15) is 53.4 Å². The molecule has 2 aromatic rings. The van der Waals surface area contributed by atoms with Crippen molar-refractivity contribution in [1.82, 2.24) is 20.9 Å². The van der Waals surface area contributed by atoms with Crippen LogP contribution >= 0.6 is 33.9 Å². The number of amides is 3. The summed E-state index contributed by atoms with van der Waals surface area (Å²) >= 11 is 3.33. The average Bonchev–Trinajstić information content (AvgIpc) is 3.45. The van der Waals surface area contributed by atoms with Gasteiger partial charge in [-0.15, -0.1) is 11.3 Å². The Labute approximate surface area is 287 Å². The smallest absolute Gasteiger partial charge is 0.306 e. The molecule has 0 aliphatic rings. The van der Waals surface area contributed by atoms with Crippen LogP contribution in [-0.4, -0.2) is 96.8 Å². The SMILES string of the molecule is COC[C@H](NC(=O)c1cnc(C)s1)C(=O)N[C@@H](COC)C(=O)N[C@@H](Cc1ccccc1)C[C@@](C)(CI)OC(=O)CCCOC(C)=O. The maximum atomic E-state index is 13.6. The second-order valence-corrected chi connectivity index (χ2v) is 12.8. The zero-order valence-electron chi connectivity index (χ0n) is 26.8. The van der Waals surface area contributed by atoms with E-state index in [2.05, 4.69) is 43.5 Å². The van der Waals surface area contributed by atoms with Gasteiger partial charge in [0.25, 0.3) is 5.91 Å². The number of thiazole rings is 1. The Morgan fingerprint density at radius 3 is 2.17 bits per heavy atom. The molecule has 2 rings (SSSR count). The molecule has 0 aliphatic heterocycles. The second-order valence-electron chi connectivity index (χ2n) is 10.8. The van der Waals surface area contributed by atoms with Crippen molar-refractivity contribution in [3.05, 3.63) is 52.0 Å².